The van der Waals surface area contributed by atoms with Crippen molar-refractivity contribution in [2.45, 2.75) is 44.7 Å². The van der Waals surface area contributed by atoms with Gasteiger partial charge >= 0.3 is 0 Å². The van der Waals surface area contributed by atoms with Gasteiger partial charge in [0.2, 0.25) is 0 Å². The Hall–Kier alpha value is -0.900. The van der Waals surface area contributed by atoms with E-state index in [2.05, 4.69) is 28.6 Å². The molecule has 1 aromatic rings. The van der Waals surface area contributed by atoms with Crippen LogP contribution in [0.2, 0.25) is 0 Å². The van der Waals surface area contributed by atoms with Crippen molar-refractivity contribution >= 4 is 0 Å². The number of nitrogens with zero attached hydrogens (tertiary/aromatic N) is 3. The molecule has 0 unspecified atom stereocenters. The molecule has 0 atom stereocenters. The minimum absolute atomic E-state index is 0.194. The van der Waals surface area contributed by atoms with Crippen LogP contribution in [0.4, 0.5) is 0 Å². The molecule has 0 radical (unpaired) electrons. The number of aromatic nitrogens is 3. The summed E-state index contributed by atoms with van der Waals surface area (Å²) in [6, 6.07) is 0.394. The van der Waals surface area contributed by atoms with E-state index in [1.807, 2.05) is 0 Å². The predicted octanol–water partition coefficient (Wildman–Crippen LogP) is 1.20. The summed E-state index contributed by atoms with van der Waals surface area (Å²) in [4.78, 5) is 0. The van der Waals surface area contributed by atoms with Crippen LogP contribution in [0.3, 0.4) is 0 Å². The van der Waals surface area contributed by atoms with Crippen LogP contribution < -0.4 is 5.73 Å². The summed E-state index contributed by atoms with van der Waals surface area (Å²) < 4.78 is 2.07. The van der Waals surface area contributed by atoms with E-state index in [0.29, 0.717) is 6.04 Å². The third-order valence-corrected chi connectivity index (χ3v) is 2.82. The Bertz CT molecular complexity index is 298. The Labute approximate surface area is 78.1 Å². The van der Waals surface area contributed by atoms with Crippen molar-refractivity contribution in [3.63, 3.8) is 0 Å². The van der Waals surface area contributed by atoms with Crippen LogP contribution in [0, 0.1) is 0 Å². The van der Waals surface area contributed by atoms with Crippen LogP contribution in [0.1, 0.15) is 45.0 Å². The number of hydrogen-bond donors (Lipinski definition) is 1. The van der Waals surface area contributed by atoms with E-state index < -0.39 is 0 Å². The van der Waals surface area contributed by atoms with Crippen LogP contribution in [0.15, 0.2) is 6.33 Å². The highest BCUT2D eigenvalue weighted by Gasteiger charge is 2.39. The molecular weight excluding hydrogens is 164 g/mol. The summed E-state index contributed by atoms with van der Waals surface area (Å²) in [6.45, 7) is 4.24. The number of nitrogens with two attached hydrogens (primary N) is 1. The van der Waals surface area contributed by atoms with Gasteiger partial charge in [0.1, 0.15) is 6.33 Å². The van der Waals surface area contributed by atoms with Crippen LogP contribution in [0.25, 0.3) is 0 Å². The van der Waals surface area contributed by atoms with E-state index in [1.54, 1.807) is 6.33 Å². The van der Waals surface area contributed by atoms with E-state index >= 15 is 0 Å². The van der Waals surface area contributed by atoms with Crippen molar-refractivity contribution in [2.75, 3.05) is 0 Å². The van der Waals surface area contributed by atoms with Crippen LogP contribution in [-0.4, -0.2) is 14.8 Å². The van der Waals surface area contributed by atoms with Gasteiger partial charge in [0.25, 0.3) is 0 Å². The maximum Gasteiger partial charge on any atom is 0.153 e. The van der Waals surface area contributed by atoms with E-state index in [1.165, 1.54) is 6.42 Å². The highest BCUT2D eigenvalue weighted by atomic mass is 15.3. The van der Waals surface area contributed by atoms with E-state index in [-0.39, 0.29) is 5.54 Å². The first-order valence-corrected chi connectivity index (χ1v) is 4.82. The molecular formula is C9H16N4. The maximum atomic E-state index is 6.18. The lowest BCUT2D eigenvalue weighted by molar-refractivity contribution is 0.226. The van der Waals surface area contributed by atoms with Gasteiger partial charge in [-0.15, -0.1) is 10.2 Å². The highest BCUT2D eigenvalue weighted by Crippen LogP contribution is 2.37. The first-order valence-electron chi connectivity index (χ1n) is 4.82. The minimum Gasteiger partial charge on any atom is -0.319 e. The fourth-order valence-electron chi connectivity index (χ4n) is 1.76. The summed E-state index contributed by atoms with van der Waals surface area (Å²) in [5.41, 5.74) is 5.99. The van der Waals surface area contributed by atoms with Gasteiger partial charge in [-0.3, -0.25) is 0 Å². The van der Waals surface area contributed by atoms with Crippen molar-refractivity contribution in [3.8, 4) is 0 Å². The molecule has 4 nitrogen and oxygen atoms in total. The lowest BCUT2D eigenvalue weighted by Crippen LogP contribution is -2.45. The quantitative estimate of drug-likeness (QED) is 0.744. The largest absolute Gasteiger partial charge is 0.319 e. The monoisotopic (exact) mass is 180 g/mol. The van der Waals surface area contributed by atoms with E-state index in [4.69, 9.17) is 5.73 Å². The van der Waals surface area contributed by atoms with Gasteiger partial charge in [0.15, 0.2) is 5.82 Å². The fourth-order valence-corrected chi connectivity index (χ4v) is 1.76. The zero-order valence-corrected chi connectivity index (χ0v) is 8.20. The Morgan fingerprint density at radius 2 is 2.23 bits per heavy atom. The number of rotatable bonds is 2. The Kier molecular flexibility index (Phi) is 1.87. The predicted molar refractivity (Wildman–Crippen MR) is 50.1 cm³/mol. The van der Waals surface area contributed by atoms with Gasteiger partial charge in [0, 0.05) is 6.04 Å². The van der Waals surface area contributed by atoms with Crippen molar-refractivity contribution in [3.05, 3.63) is 12.2 Å². The summed E-state index contributed by atoms with van der Waals surface area (Å²) in [5.74, 6) is 0.953. The lowest BCUT2D eigenvalue weighted by Gasteiger charge is -2.37. The second kappa shape index (κ2) is 2.80. The molecule has 2 rings (SSSR count). The maximum absolute atomic E-state index is 6.18. The molecule has 1 aromatic heterocycles. The molecule has 1 fully saturated rings. The van der Waals surface area contributed by atoms with Crippen molar-refractivity contribution in [1.82, 2.24) is 14.8 Å². The summed E-state index contributed by atoms with van der Waals surface area (Å²) in [7, 11) is 0. The molecule has 0 spiro atoms. The van der Waals surface area contributed by atoms with Gasteiger partial charge in [-0.1, -0.05) is 0 Å². The second-order valence-electron chi connectivity index (χ2n) is 4.17. The first-order chi connectivity index (χ1) is 6.13. The molecule has 1 aliphatic carbocycles. The molecule has 0 amide bonds. The topological polar surface area (TPSA) is 56.7 Å². The molecule has 72 valence electrons. The van der Waals surface area contributed by atoms with Crippen LogP contribution >= 0.6 is 0 Å². The molecule has 4 heteroatoms. The van der Waals surface area contributed by atoms with Crippen LogP contribution in [0.5, 0.6) is 0 Å². The summed E-state index contributed by atoms with van der Waals surface area (Å²) >= 11 is 0. The number of hydrogen-bond acceptors (Lipinski definition) is 3. The molecule has 0 saturated heterocycles. The average Bonchev–Trinajstić information content (AvgIpc) is 2.47. The standard InChI is InChI=1S/C9H16N4/c1-7(2)13-6-11-12-8(13)9(10)4-3-5-9/h6-7H,3-5,10H2,1-2H3. The van der Waals surface area contributed by atoms with E-state index in [0.717, 1.165) is 18.7 Å². The van der Waals surface area contributed by atoms with Crippen LogP contribution in [-0.2, 0) is 5.54 Å². The molecule has 1 aliphatic rings. The van der Waals surface area contributed by atoms with E-state index in [9.17, 15) is 0 Å². The van der Waals surface area contributed by atoms with Gasteiger partial charge in [0.05, 0.1) is 5.54 Å². The van der Waals surface area contributed by atoms with Gasteiger partial charge in [-0.25, -0.2) is 0 Å². The smallest absolute Gasteiger partial charge is 0.153 e. The summed E-state index contributed by atoms with van der Waals surface area (Å²) in [5, 5.41) is 8.04. The Balaban J connectivity index is 2.34. The van der Waals surface area contributed by atoms with Gasteiger partial charge in [-0.2, -0.15) is 0 Å². The molecule has 0 bridgehead atoms. The average molecular weight is 180 g/mol. The van der Waals surface area contributed by atoms with Gasteiger partial charge < -0.3 is 10.3 Å². The van der Waals surface area contributed by atoms with Crippen molar-refractivity contribution in [1.29, 1.82) is 0 Å². The third kappa shape index (κ3) is 1.25. The van der Waals surface area contributed by atoms with Crippen molar-refractivity contribution < 1.29 is 0 Å². The molecule has 0 aromatic carbocycles. The lowest BCUT2D eigenvalue weighted by atomic mass is 9.77. The zero-order valence-electron chi connectivity index (χ0n) is 8.20. The highest BCUT2D eigenvalue weighted by molar-refractivity contribution is 5.10. The third-order valence-electron chi connectivity index (χ3n) is 2.82. The normalized spacial score (nSPS) is 20.3. The molecule has 2 N–H and O–H groups in total. The second-order valence-corrected chi connectivity index (χ2v) is 4.17. The molecule has 1 heterocycles. The van der Waals surface area contributed by atoms with Crippen molar-refractivity contribution in [2.24, 2.45) is 5.73 Å². The van der Waals surface area contributed by atoms with Gasteiger partial charge in [-0.05, 0) is 33.1 Å². The SMILES string of the molecule is CC(C)n1cnnc1C1(N)CCC1. The first kappa shape index (κ1) is 8.69. The summed E-state index contributed by atoms with van der Waals surface area (Å²) in [6.07, 6.45) is 5.06. The minimum atomic E-state index is -0.194. The molecule has 0 aliphatic heterocycles. The molecule has 13 heavy (non-hydrogen) atoms. The fraction of sp³-hybridized carbons (Fsp3) is 0.778. The zero-order chi connectivity index (χ0) is 9.47. The molecule has 1 saturated carbocycles. The Morgan fingerprint density at radius 1 is 1.54 bits per heavy atom. The Morgan fingerprint density at radius 3 is 2.69 bits per heavy atom.